The summed E-state index contributed by atoms with van der Waals surface area (Å²) in [7, 11) is 0. The summed E-state index contributed by atoms with van der Waals surface area (Å²) in [4.78, 5) is 24.7. The Kier molecular flexibility index (Phi) is 8.44. The Morgan fingerprint density at radius 2 is 0.842 bits per heavy atom. The fourth-order valence-electron chi connectivity index (χ4n) is 7.51. The predicted molar refractivity (Wildman–Crippen MR) is 231 cm³/mol. The average Bonchev–Trinajstić information content (AvgIpc) is 3.63. The van der Waals surface area contributed by atoms with E-state index in [0.29, 0.717) is 17.3 Å². The van der Waals surface area contributed by atoms with Gasteiger partial charge in [0.05, 0.1) is 40.6 Å². The number of benzene rings is 7. The number of hydrogen-bond donors (Lipinski definition) is 0. The summed E-state index contributed by atoms with van der Waals surface area (Å²) in [6, 6.07) is 65.6. The molecule has 0 aliphatic carbocycles. The van der Waals surface area contributed by atoms with Gasteiger partial charge < -0.3 is 4.57 Å². The van der Waals surface area contributed by atoms with Gasteiger partial charge in [-0.3, -0.25) is 0 Å². The molecule has 7 aromatic carbocycles. The van der Waals surface area contributed by atoms with E-state index in [0.717, 1.165) is 83.6 Å². The molecule has 266 valence electrons. The molecule has 10 aromatic rings. The van der Waals surface area contributed by atoms with Crippen molar-refractivity contribution in [1.82, 2.24) is 24.5 Å². The Morgan fingerprint density at radius 1 is 0.368 bits per heavy atom. The zero-order chi connectivity index (χ0) is 38.1. The van der Waals surface area contributed by atoms with Crippen LogP contribution in [0.2, 0.25) is 0 Å². The second-order valence-electron chi connectivity index (χ2n) is 13.8. The van der Waals surface area contributed by atoms with Crippen LogP contribution in [0.5, 0.6) is 0 Å². The van der Waals surface area contributed by atoms with Crippen LogP contribution in [0.1, 0.15) is 0 Å². The van der Waals surface area contributed by atoms with Crippen molar-refractivity contribution in [3.8, 4) is 73.5 Å². The maximum absolute atomic E-state index is 7.88. The molecule has 0 amide bonds. The van der Waals surface area contributed by atoms with E-state index < -0.39 is 0 Å². The van der Waals surface area contributed by atoms with E-state index in [2.05, 4.69) is 100 Å². The summed E-state index contributed by atoms with van der Waals surface area (Å²) >= 11 is 0. The van der Waals surface area contributed by atoms with E-state index in [9.17, 15) is 0 Å². The lowest BCUT2D eigenvalue weighted by molar-refractivity contribution is 1.13. The molecule has 0 atom stereocenters. The summed E-state index contributed by atoms with van der Waals surface area (Å²) < 4.78 is 2.24. The van der Waals surface area contributed by atoms with Gasteiger partial charge in [-0.25, -0.2) is 24.8 Å². The molecule has 10 rings (SSSR count). The molecular formula is C51H32N6. The fraction of sp³-hybridized carbons (Fsp3) is 0. The summed E-state index contributed by atoms with van der Waals surface area (Å²) in [6.07, 6.45) is 0. The van der Waals surface area contributed by atoms with Crippen LogP contribution in [0, 0.1) is 6.57 Å². The molecule has 0 radical (unpaired) electrons. The molecule has 0 bridgehead atoms. The molecule has 0 aliphatic heterocycles. The van der Waals surface area contributed by atoms with E-state index in [1.54, 1.807) is 0 Å². The molecule has 0 fully saturated rings. The van der Waals surface area contributed by atoms with Crippen molar-refractivity contribution in [3.63, 3.8) is 0 Å². The van der Waals surface area contributed by atoms with Crippen LogP contribution in [-0.2, 0) is 0 Å². The average molecular weight is 729 g/mol. The largest absolute Gasteiger partial charge is 0.310 e. The van der Waals surface area contributed by atoms with Gasteiger partial charge in [0.2, 0.25) is 0 Å². The number of nitrogens with zero attached hydrogens (tertiary/aromatic N) is 6. The molecule has 3 aromatic heterocycles. The zero-order valence-corrected chi connectivity index (χ0v) is 30.7. The molecule has 0 spiro atoms. The number of aromatic nitrogens is 5. The normalized spacial score (nSPS) is 11.1. The zero-order valence-electron chi connectivity index (χ0n) is 30.7. The van der Waals surface area contributed by atoms with Crippen LogP contribution < -0.4 is 0 Å². The van der Waals surface area contributed by atoms with Crippen LogP contribution in [-0.4, -0.2) is 24.5 Å². The van der Waals surface area contributed by atoms with Crippen LogP contribution >= 0.6 is 0 Å². The highest BCUT2D eigenvalue weighted by Crippen LogP contribution is 2.40. The van der Waals surface area contributed by atoms with Gasteiger partial charge in [-0.05, 0) is 36.4 Å². The molecule has 0 saturated carbocycles. The summed E-state index contributed by atoms with van der Waals surface area (Å²) in [5, 5.41) is 2.16. The third kappa shape index (κ3) is 6.29. The number of para-hydroxylation sites is 1. The highest BCUT2D eigenvalue weighted by atomic mass is 15.0. The number of fused-ring (bicyclic) bond motifs is 3. The van der Waals surface area contributed by atoms with Crippen LogP contribution in [0.4, 0.5) is 5.69 Å². The molecule has 57 heavy (non-hydrogen) atoms. The third-order valence-electron chi connectivity index (χ3n) is 10.3. The highest BCUT2D eigenvalue weighted by molar-refractivity contribution is 6.10. The van der Waals surface area contributed by atoms with Crippen LogP contribution in [0.25, 0.3) is 100 Å². The van der Waals surface area contributed by atoms with Crippen LogP contribution in [0.3, 0.4) is 0 Å². The Balaban J connectivity index is 1.28. The lowest BCUT2D eigenvalue weighted by Crippen LogP contribution is -2.03. The van der Waals surface area contributed by atoms with Crippen molar-refractivity contribution in [2.45, 2.75) is 0 Å². The lowest BCUT2D eigenvalue weighted by Gasteiger charge is -2.17. The Morgan fingerprint density at radius 3 is 1.40 bits per heavy atom. The minimum Gasteiger partial charge on any atom is -0.310 e. The molecule has 6 nitrogen and oxygen atoms in total. The number of rotatable bonds is 7. The van der Waals surface area contributed by atoms with Crippen molar-refractivity contribution < 1.29 is 0 Å². The van der Waals surface area contributed by atoms with Gasteiger partial charge in [0.15, 0.2) is 17.3 Å². The molecule has 3 heterocycles. The van der Waals surface area contributed by atoms with Gasteiger partial charge in [0, 0.05) is 49.7 Å². The minimum absolute atomic E-state index is 0.569. The van der Waals surface area contributed by atoms with Crippen molar-refractivity contribution >= 4 is 27.5 Å². The van der Waals surface area contributed by atoms with Crippen molar-refractivity contribution in [2.24, 2.45) is 0 Å². The highest BCUT2D eigenvalue weighted by Gasteiger charge is 2.21. The molecular weight excluding hydrogens is 697 g/mol. The molecule has 0 saturated heterocycles. The van der Waals surface area contributed by atoms with E-state index >= 15 is 0 Å². The van der Waals surface area contributed by atoms with Gasteiger partial charge in [0.1, 0.15) is 0 Å². The minimum atomic E-state index is 0.569. The molecule has 6 heteroatoms. The van der Waals surface area contributed by atoms with E-state index in [1.165, 1.54) is 0 Å². The second-order valence-corrected chi connectivity index (χ2v) is 13.8. The summed E-state index contributed by atoms with van der Waals surface area (Å²) in [5.41, 5.74) is 12.3. The van der Waals surface area contributed by atoms with E-state index in [1.807, 2.05) is 103 Å². The van der Waals surface area contributed by atoms with Gasteiger partial charge >= 0.3 is 0 Å². The molecule has 0 aliphatic rings. The van der Waals surface area contributed by atoms with Gasteiger partial charge in [-0.2, -0.15) is 0 Å². The standard InChI is InChI=1S/C51H32N6/c1-52-39-27-28-41-40-24-14-15-25-47(40)57(49(41)31-39)48-29-26-38(46-33-43(34-16-6-2-7-17-34)53-50(54-46)37-22-12-5-13-23-37)30-42(48)51-55-44(35-18-8-3-9-19-35)32-45(56-51)36-20-10-4-11-21-36/h2-33H. The van der Waals surface area contributed by atoms with Crippen LogP contribution in [0.15, 0.2) is 194 Å². The third-order valence-corrected chi connectivity index (χ3v) is 10.3. The maximum atomic E-state index is 7.88. The quantitative estimate of drug-likeness (QED) is 0.153. The van der Waals surface area contributed by atoms with Crippen molar-refractivity contribution in [1.29, 1.82) is 0 Å². The first kappa shape index (κ1) is 33.6. The first-order valence-corrected chi connectivity index (χ1v) is 18.8. The SMILES string of the molecule is [C-]#[N+]c1ccc2c3ccccc3n(-c3ccc(-c4cc(-c5ccccc5)nc(-c5ccccc5)n4)cc3-c3nc(-c4ccccc4)cc(-c4ccccc4)n3)c2c1. The Bertz CT molecular complexity index is 3000. The molecule has 0 unspecified atom stereocenters. The summed E-state index contributed by atoms with van der Waals surface area (Å²) in [5.74, 6) is 1.21. The van der Waals surface area contributed by atoms with E-state index in [4.69, 9.17) is 26.5 Å². The maximum Gasteiger partial charge on any atom is 0.189 e. The molecule has 0 N–H and O–H groups in total. The monoisotopic (exact) mass is 728 g/mol. The van der Waals surface area contributed by atoms with Gasteiger partial charge in [-0.15, -0.1) is 0 Å². The van der Waals surface area contributed by atoms with Gasteiger partial charge in [-0.1, -0.05) is 158 Å². The Hall–Kier alpha value is -8.01. The van der Waals surface area contributed by atoms with Crippen molar-refractivity contribution in [3.05, 3.63) is 206 Å². The summed E-state index contributed by atoms with van der Waals surface area (Å²) in [6.45, 7) is 7.88. The first-order valence-electron chi connectivity index (χ1n) is 18.8. The lowest BCUT2D eigenvalue weighted by atomic mass is 10.0. The second kappa shape index (κ2) is 14.3. The van der Waals surface area contributed by atoms with Crippen molar-refractivity contribution in [2.75, 3.05) is 0 Å². The van der Waals surface area contributed by atoms with E-state index in [-0.39, 0.29) is 0 Å². The predicted octanol–water partition coefficient (Wildman–Crippen LogP) is 12.9. The smallest absolute Gasteiger partial charge is 0.189 e. The van der Waals surface area contributed by atoms with Gasteiger partial charge in [0.25, 0.3) is 0 Å². The fourth-order valence-corrected chi connectivity index (χ4v) is 7.51. The Labute approximate surface area is 329 Å². The number of hydrogen-bond acceptors (Lipinski definition) is 4. The topological polar surface area (TPSA) is 60.9 Å². The first-order chi connectivity index (χ1) is 28.2.